The molecule has 0 N–H and O–H groups in total. The number of pyridine rings is 1. The standard InChI is InChI=1S/C25H30N4/c1-3-25-26-16-20(17-27-25)18-29-13-11-21(12-14-29)24-10-6-9-23(28-24)15-22-8-5-4-7-19(22)2/h4-10,16-17,21H,3,11-15,18H2,1-2H3. The van der Waals surface area contributed by atoms with Gasteiger partial charge in [-0.15, -0.1) is 0 Å². The van der Waals surface area contributed by atoms with Crippen molar-refractivity contribution in [2.45, 2.75) is 52.0 Å². The molecule has 0 atom stereocenters. The van der Waals surface area contributed by atoms with E-state index in [9.17, 15) is 0 Å². The van der Waals surface area contributed by atoms with Crippen molar-refractivity contribution in [1.29, 1.82) is 0 Å². The second-order valence-electron chi connectivity index (χ2n) is 8.07. The Kier molecular flexibility index (Phi) is 6.30. The molecule has 4 heteroatoms. The van der Waals surface area contributed by atoms with Crippen LogP contribution in [0.1, 0.15) is 59.6 Å². The van der Waals surface area contributed by atoms with E-state index < -0.39 is 0 Å². The van der Waals surface area contributed by atoms with E-state index in [1.165, 1.54) is 28.1 Å². The first-order chi connectivity index (χ1) is 14.2. The summed E-state index contributed by atoms with van der Waals surface area (Å²) in [5, 5.41) is 0. The highest BCUT2D eigenvalue weighted by molar-refractivity contribution is 5.30. The van der Waals surface area contributed by atoms with Crippen LogP contribution in [0, 0.1) is 6.92 Å². The minimum Gasteiger partial charge on any atom is -0.299 e. The van der Waals surface area contributed by atoms with Gasteiger partial charge in [0.2, 0.25) is 0 Å². The van der Waals surface area contributed by atoms with Gasteiger partial charge in [0.1, 0.15) is 5.82 Å². The Morgan fingerprint density at radius 1 is 0.966 bits per heavy atom. The zero-order chi connectivity index (χ0) is 20.1. The fourth-order valence-electron chi connectivity index (χ4n) is 4.12. The SMILES string of the molecule is CCc1ncc(CN2CCC(c3cccc(Cc4ccccc4C)n3)CC2)cn1. The molecule has 3 heterocycles. The third-order valence-electron chi connectivity index (χ3n) is 5.95. The zero-order valence-electron chi connectivity index (χ0n) is 17.5. The fraction of sp³-hybridized carbons (Fsp3) is 0.400. The molecule has 4 rings (SSSR count). The van der Waals surface area contributed by atoms with E-state index in [0.717, 1.165) is 51.1 Å². The second kappa shape index (κ2) is 9.27. The topological polar surface area (TPSA) is 41.9 Å². The number of hydrogen-bond acceptors (Lipinski definition) is 4. The number of benzene rings is 1. The zero-order valence-corrected chi connectivity index (χ0v) is 17.5. The van der Waals surface area contributed by atoms with Gasteiger partial charge in [0.05, 0.1) is 0 Å². The first kappa shape index (κ1) is 19.7. The minimum atomic E-state index is 0.557. The summed E-state index contributed by atoms with van der Waals surface area (Å²) in [6.45, 7) is 7.41. The van der Waals surface area contributed by atoms with Gasteiger partial charge in [0.25, 0.3) is 0 Å². The normalized spacial score (nSPS) is 15.5. The van der Waals surface area contributed by atoms with Crippen molar-refractivity contribution in [2.24, 2.45) is 0 Å². The number of nitrogens with zero attached hydrogens (tertiary/aromatic N) is 4. The molecule has 1 aromatic carbocycles. The lowest BCUT2D eigenvalue weighted by Gasteiger charge is -2.31. The van der Waals surface area contributed by atoms with Gasteiger partial charge < -0.3 is 0 Å². The summed E-state index contributed by atoms with van der Waals surface area (Å²) in [5.41, 5.74) is 6.34. The van der Waals surface area contributed by atoms with Crippen molar-refractivity contribution in [1.82, 2.24) is 19.9 Å². The average Bonchev–Trinajstić information content (AvgIpc) is 2.77. The highest BCUT2D eigenvalue weighted by Gasteiger charge is 2.22. The van der Waals surface area contributed by atoms with Crippen LogP contribution >= 0.6 is 0 Å². The number of aromatic nitrogens is 3. The lowest BCUT2D eigenvalue weighted by Crippen LogP contribution is -2.32. The Morgan fingerprint density at radius 2 is 1.72 bits per heavy atom. The molecule has 1 aliphatic heterocycles. The van der Waals surface area contributed by atoms with Crippen molar-refractivity contribution in [3.8, 4) is 0 Å². The molecular formula is C25H30N4. The summed E-state index contributed by atoms with van der Waals surface area (Å²) in [6, 6.07) is 15.1. The van der Waals surface area contributed by atoms with Crippen LogP contribution in [0.15, 0.2) is 54.9 Å². The van der Waals surface area contributed by atoms with Crippen molar-refractivity contribution in [2.75, 3.05) is 13.1 Å². The summed E-state index contributed by atoms with van der Waals surface area (Å²) >= 11 is 0. The van der Waals surface area contributed by atoms with Crippen LogP contribution in [0.2, 0.25) is 0 Å². The molecule has 0 radical (unpaired) electrons. The van der Waals surface area contributed by atoms with Gasteiger partial charge in [-0.05, 0) is 56.1 Å². The summed E-state index contributed by atoms with van der Waals surface area (Å²) in [4.78, 5) is 16.4. The third kappa shape index (κ3) is 5.07. The van der Waals surface area contributed by atoms with Crippen molar-refractivity contribution in [3.05, 3.63) is 88.8 Å². The van der Waals surface area contributed by atoms with E-state index in [-0.39, 0.29) is 0 Å². The highest BCUT2D eigenvalue weighted by atomic mass is 15.1. The van der Waals surface area contributed by atoms with Crippen molar-refractivity contribution < 1.29 is 0 Å². The van der Waals surface area contributed by atoms with Crippen LogP contribution in [0.5, 0.6) is 0 Å². The Bertz CT molecular complexity index is 928. The molecule has 0 spiro atoms. The summed E-state index contributed by atoms with van der Waals surface area (Å²) in [5.74, 6) is 1.48. The van der Waals surface area contributed by atoms with E-state index >= 15 is 0 Å². The molecule has 1 saturated heterocycles. The third-order valence-corrected chi connectivity index (χ3v) is 5.95. The van der Waals surface area contributed by atoms with Crippen LogP contribution in [-0.2, 0) is 19.4 Å². The predicted octanol–water partition coefficient (Wildman–Crippen LogP) is 4.71. The van der Waals surface area contributed by atoms with E-state index in [0.29, 0.717) is 5.92 Å². The lowest BCUT2D eigenvalue weighted by molar-refractivity contribution is 0.203. The molecular weight excluding hydrogens is 356 g/mol. The van der Waals surface area contributed by atoms with Gasteiger partial charge in [-0.2, -0.15) is 0 Å². The van der Waals surface area contributed by atoms with E-state index in [2.05, 4.69) is 71.2 Å². The highest BCUT2D eigenvalue weighted by Crippen LogP contribution is 2.28. The maximum atomic E-state index is 5.02. The first-order valence-electron chi connectivity index (χ1n) is 10.7. The number of piperidine rings is 1. The molecule has 2 aromatic heterocycles. The molecule has 29 heavy (non-hydrogen) atoms. The van der Waals surface area contributed by atoms with Gasteiger partial charge in [0.15, 0.2) is 0 Å². The number of likely N-dealkylation sites (tertiary alicyclic amines) is 1. The molecule has 4 nitrogen and oxygen atoms in total. The average molecular weight is 387 g/mol. The number of hydrogen-bond donors (Lipinski definition) is 0. The van der Waals surface area contributed by atoms with Crippen LogP contribution in [-0.4, -0.2) is 32.9 Å². The van der Waals surface area contributed by atoms with Crippen LogP contribution < -0.4 is 0 Å². The maximum absolute atomic E-state index is 5.02. The molecule has 150 valence electrons. The monoisotopic (exact) mass is 386 g/mol. The van der Waals surface area contributed by atoms with E-state index in [4.69, 9.17) is 4.98 Å². The first-order valence-corrected chi connectivity index (χ1v) is 10.7. The quantitative estimate of drug-likeness (QED) is 0.615. The molecule has 1 fully saturated rings. The van der Waals surface area contributed by atoms with Crippen LogP contribution in [0.3, 0.4) is 0 Å². The van der Waals surface area contributed by atoms with Crippen molar-refractivity contribution in [3.63, 3.8) is 0 Å². The van der Waals surface area contributed by atoms with Crippen LogP contribution in [0.25, 0.3) is 0 Å². The fourth-order valence-corrected chi connectivity index (χ4v) is 4.12. The lowest BCUT2D eigenvalue weighted by atomic mass is 9.92. The Balaban J connectivity index is 1.35. The van der Waals surface area contributed by atoms with Crippen LogP contribution in [0.4, 0.5) is 0 Å². The predicted molar refractivity (Wildman–Crippen MR) is 117 cm³/mol. The Labute approximate surface area is 174 Å². The molecule has 0 unspecified atom stereocenters. The molecule has 0 bridgehead atoms. The maximum Gasteiger partial charge on any atom is 0.127 e. The largest absolute Gasteiger partial charge is 0.299 e. The molecule has 0 aliphatic carbocycles. The number of rotatable bonds is 6. The molecule has 3 aromatic rings. The molecule has 0 saturated carbocycles. The Morgan fingerprint density at radius 3 is 2.45 bits per heavy atom. The smallest absolute Gasteiger partial charge is 0.127 e. The molecule has 0 amide bonds. The summed E-state index contributed by atoms with van der Waals surface area (Å²) < 4.78 is 0. The van der Waals surface area contributed by atoms with Crippen molar-refractivity contribution >= 4 is 0 Å². The van der Waals surface area contributed by atoms with E-state index in [1.807, 2.05) is 12.4 Å². The molecule has 1 aliphatic rings. The Hall–Kier alpha value is -2.59. The number of aryl methyl sites for hydroxylation is 2. The van der Waals surface area contributed by atoms with Gasteiger partial charge >= 0.3 is 0 Å². The van der Waals surface area contributed by atoms with Gasteiger partial charge in [-0.25, -0.2) is 9.97 Å². The minimum absolute atomic E-state index is 0.557. The van der Waals surface area contributed by atoms with Gasteiger partial charge in [0, 0.05) is 54.6 Å². The van der Waals surface area contributed by atoms with Gasteiger partial charge in [-0.1, -0.05) is 37.3 Å². The van der Waals surface area contributed by atoms with Gasteiger partial charge in [-0.3, -0.25) is 9.88 Å². The summed E-state index contributed by atoms with van der Waals surface area (Å²) in [6.07, 6.45) is 8.08. The summed E-state index contributed by atoms with van der Waals surface area (Å²) in [7, 11) is 0. The second-order valence-corrected chi connectivity index (χ2v) is 8.07. The van der Waals surface area contributed by atoms with E-state index in [1.54, 1.807) is 0 Å².